The molecule has 1 heterocycles. The minimum absolute atomic E-state index is 0.106. The number of para-hydroxylation sites is 1. The number of nitrogens with one attached hydrogen (secondary N) is 1. The molecule has 0 saturated heterocycles. The van der Waals surface area contributed by atoms with Crippen LogP contribution in [0.15, 0.2) is 36.5 Å². The molecule has 2 rings (SSSR count). The zero-order valence-corrected chi connectivity index (χ0v) is 13.7. The number of carbonyl (C=O) groups excluding carboxylic acids is 2. The number of amides is 2. The van der Waals surface area contributed by atoms with Crippen LogP contribution in [0.25, 0.3) is 5.69 Å². The third-order valence-electron chi connectivity index (χ3n) is 3.54. The van der Waals surface area contributed by atoms with Crippen LogP contribution in [0.3, 0.4) is 0 Å². The van der Waals surface area contributed by atoms with Crippen molar-refractivity contribution in [1.29, 1.82) is 0 Å². The molecule has 0 fully saturated rings. The first-order valence-electron chi connectivity index (χ1n) is 7.60. The summed E-state index contributed by atoms with van der Waals surface area (Å²) in [6.45, 7) is 4.24. The van der Waals surface area contributed by atoms with Gasteiger partial charge in [-0.1, -0.05) is 18.2 Å². The van der Waals surface area contributed by atoms with Gasteiger partial charge in [-0.15, -0.1) is 0 Å². The van der Waals surface area contributed by atoms with Gasteiger partial charge in [-0.25, -0.2) is 4.68 Å². The Labute approximate surface area is 142 Å². The second kappa shape index (κ2) is 7.37. The van der Waals surface area contributed by atoms with Crippen molar-refractivity contribution in [3.05, 3.63) is 42.1 Å². The maximum atomic E-state index is 12.7. The van der Waals surface area contributed by atoms with E-state index in [0.29, 0.717) is 18.8 Å². The van der Waals surface area contributed by atoms with Crippen molar-refractivity contribution >= 4 is 17.6 Å². The predicted octanol–water partition coefficient (Wildman–Crippen LogP) is 2.86. The van der Waals surface area contributed by atoms with Gasteiger partial charge in [0.05, 0.1) is 11.9 Å². The number of carbonyl (C=O) groups is 2. The molecule has 0 radical (unpaired) electrons. The summed E-state index contributed by atoms with van der Waals surface area (Å²) in [5.41, 5.74) is 0.309. The smallest absolute Gasteiger partial charge is 0.339 e. The average Bonchev–Trinajstić information content (AvgIpc) is 2.99. The van der Waals surface area contributed by atoms with Gasteiger partial charge < -0.3 is 10.2 Å². The quantitative estimate of drug-likeness (QED) is 0.898. The number of alkyl halides is 3. The largest absolute Gasteiger partial charge is 0.471 e. The Hall–Kier alpha value is -2.84. The molecule has 0 aliphatic heterocycles. The fraction of sp³-hybridized carbons (Fsp3) is 0.312. The summed E-state index contributed by atoms with van der Waals surface area (Å²) in [5, 5.41) is 5.75. The second-order valence-electron chi connectivity index (χ2n) is 5.08. The lowest BCUT2D eigenvalue weighted by atomic mass is 10.2. The Balaban J connectivity index is 2.52. The molecular formula is C16H17F3N4O2. The Morgan fingerprint density at radius 3 is 2.28 bits per heavy atom. The number of rotatable bonds is 5. The Morgan fingerprint density at radius 2 is 1.76 bits per heavy atom. The third-order valence-corrected chi connectivity index (χ3v) is 3.54. The molecule has 1 N–H and O–H groups in total. The highest BCUT2D eigenvalue weighted by Gasteiger charge is 2.40. The predicted molar refractivity (Wildman–Crippen MR) is 85.5 cm³/mol. The van der Waals surface area contributed by atoms with Crippen LogP contribution < -0.4 is 5.32 Å². The van der Waals surface area contributed by atoms with Crippen molar-refractivity contribution in [3.63, 3.8) is 0 Å². The van der Waals surface area contributed by atoms with Gasteiger partial charge in [0.1, 0.15) is 11.4 Å². The van der Waals surface area contributed by atoms with Crippen molar-refractivity contribution in [2.75, 3.05) is 18.4 Å². The molecule has 1 aromatic heterocycles. The molecule has 25 heavy (non-hydrogen) atoms. The number of hydrogen-bond acceptors (Lipinski definition) is 3. The van der Waals surface area contributed by atoms with Crippen LogP contribution in [0.4, 0.5) is 19.0 Å². The second-order valence-corrected chi connectivity index (χ2v) is 5.08. The van der Waals surface area contributed by atoms with Gasteiger partial charge in [0.15, 0.2) is 0 Å². The van der Waals surface area contributed by atoms with E-state index in [9.17, 15) is 22.8 Å². The average molecular weight is 354 g/mol. The van der Waals surface area contributed by atoms with Crippen LogP contribution in [0.5, 0.6) is 0 Å². The van der Waals surface area contributed by atoms with Crippen LogP contribution >= 0.6 is 0 Å². The topological polar surface area (TPSA) is 67.2 Å². The van der Waals surface area contributed by atoms with Crippen LogP contribution in [-0.4, -0.2) is 45.8 Å². The van der Waals surface area contributed by atoms with Crippen molar-refractivity contribution in [2.24, 2.45) is 0 Å². The molecule has 6 nitrogen and oxygen atoms in total. The van der Waals surface area contributed by atoms with E-state index in [2.05, 4.69) is 5.10 Å². The number of nitrogens with zero attached hydrogens (tertiary/aromatic N) is 3. The van der Waals surface area contributed by atoms with Crippen molar-refractivity contribution in [2.45, 2.75) is 20.0 Å². The molecule has 9 heteroatoms. The number of anilines is 1. The summed E-state index contributed by atoms with van der Waals surface area (Å²) in [6.07, 6.45) is -3.93. The minimum Gasteiger partial charge on any atom is -0.339 e. The van der Waals surface area contributed by atoms with Crippen molar-refractivity contribution in [1.82, 2.24) is 14.7 Å². The lowest BCUT2D eigenvalue weighted by Crippen LogP contribution is -2.34. The maximum Gasteiger partial charge on any atom is 0.471 e. The van der Waals surface area contributed by atoms with E-state index in [1.165, 1.54) is 4.90 Å². The summed E-state index contributed by atoms with van der Waals surface area (Å²) in [4.78, 5) is 25.4. The third kappa shape index (κ3) is 3.98. The van der Waals surface area contributed by atoms with E-state index in [4.69, 9.17) is 0 Å². The molecule has 134 valence electrons. The van der Waals surface area contributed by atoms with E-state index >= 15 is 0 Å². The SMILES string of the molecule is CCN(CC)C(=O)c1cnn(-c2ccccc2)c1NC(=O)C(F)(F)F. The van der Waals surface area contributed by atoms with Gasteiger partial charge in [0.2, 0.25) is 0 Å². The summed E-state index contributed by atoms with van der Waals surface area (Å²) in [7, 11) is 0. The standard InChI is InChI=1S/C16H17F3N4O2/c1-3-22(4-2)14(24)12-10-20-23(11-8-6-5-7-9-11)13(12)21-15(25)16(17,18)19/h5-10H,3-4H2,1-2H3,(H,21,25). The van der Waals surface area contributed by atoms with Crippen molar-refractivity contribution in [3.8, 4) is 5.69 Å². The van der Waals surface area contributed by atoms with Crippen LogP contribution in [0.2, 0.25) is 0 Å². The summed E-state index contributed by atoms with van der Waals surface area (Å²) in [5.74, 6) is -2.99. The summed E-state index contributed by atoms with van der Waals surface area (Å²) in [6, 6.07) is 8.25. The zero-order chi connectivity index (χ0) is 18.6. The highest BCUT2D eigenvalue weighted by atomic mass is 19.4. The van der Waals surface area contributed by atoms with E-state index in [0.717, 1.165) is 10.9 Å². The lowest BCUT2D eigenvalue weighted by molar-refractivity contribution is -0.167. The fourth-order valence-electron chi connectivity index (χ4n) is 2.25. The lowest BCUT2D eigenvalue weighted by Gasteiger charge is -2.19. The monoisotopic (exact) mass is 354 g/mol. The van der Waals surface area contributed by atoms with Crippen molar-refractivity contribution < 1.29 is 22.8 Å². The highest BCUT2D eigenvalue weighted by molar-refractivity contribution is 6.04. The normalized spacial score (nSPS) is 11.2. The number of halogens is 3. The Bertz CT molecular complexity index is 752. The minimum atomic E-state index is -5.08. The zero-order valence-electron chi connectivity index (χ0n) is 13.7. The Morgan fingerprint density at radius 1 is 1.16 bits per heavy atom. The number of benzene rings is 1. The van der Waals surface area contributed by atoms with E-state index in [1.54, 1.807) is 49.5 Å². The van der Waals surface area contributed by atoms with Gasteiger partial charge in [0.25, 0.3) is 5.91 Å². The van der Waals surface area contributed by atoms with Gasteiger partial charge in [-0.2, -0.15) is 18.3 Å². The molecule has 0 spiro atoms. The first kappa shape index (κ1) is 18.5. The first-order chi connectivity index (χ1) is 11.8. The molecular weight excluding hydrogens is 337 g/mol. The van der Waals surface area contributed by atoms with Crippen LogP contribution in [0.1, 0.15) is 24.2 Å². The molecule has 2 amide bonds. The fourth-order valence-corrected chi connectivity index (χ4v) is 2.25. The van der Waals surface area contributed by atoms with E-state index in [-0.39, 0.29) is 11.4 Å². The molecule has 0 unspecified atom stereocenters. The van der Waals surface area contributed by atoms with Gasteiger partial charge in [0, 0.05) is 13.1 Å². The summed E-state index contributed by atoms with van der Waals surface area (Å²) < 4.78 is 39.1. The van der Waals surface area contributed by atoms with E-state index < -0.39 is 18.0 Å². The number of hydrogen-bond donors (Lipinski definition) is 1. The van der Waals surface area contributed by atoms with Gasteiger partial charge in [-0.05, 0) is 26.0 Å². The van der Waals surface area contributed by atoms with Crippen LogP contribution in [0, 0.1) is 0 Å². The van der Waals surface area contributed by atoms with Gasteiger partial charge in [-0.3, -0.25) is 9.59 Å². The molecule has 0 atom stereocenters. The van der Waals surface area contributed by atoms with E-state index in [1.807, 2.05) is 0 Å². The molecule has 0 bridgehead atoms. The Kier molecular flexibility index (Phi) is 5.45. The molecule has 0 aliphatic carbocycles. The first-order valence-corrected chi connectivity index (χ1v) is 7.60. The van der Waals surface area contributed by atoms with Gasteiger partial charge >= 0.3 is 12.1 Å². The highest BCUT2D eigenvalue weighted by Crippen LogP contribution is 2.25. The van der Waals surface area contributed by atoms with Crippen LogP contribution in [-0.2, 0) is 4.79 Å². The number of aromatic nitrogens is 2. The molecule has 1 aromatic carbocycles. The maximum absolute atomic E-state index is 12.7. The molecule has 0 aliphatic rings. The summed E-state index contributed by atoms with van der Waals surface area (Å²) >= 11 is 0. The molecule has 0 saturated carbocycles. The molecule has 2 aromatic rings.